The van der Waals surface area contributed by atoms with Gasteiger partial charge in [0.15, 0.2) is 0 Å². The van der Waals surface area contributed by atoms with Crippen molar-refractivity contribution >= 4 is 0 Å². The van der Waals surface area contributed by atoms with E-state index in [0.29, 0.717) is 18.8 Å². The quantitative estimate of drug-likeness (QED) is 0.665. The molecule has 0 saturated carbocycles. The maximum Gasteiger partial charge on any atom is 0.102 e. The monoisotopic (exact) mass is 200 g/mol. The maximum absolute atomic E-state index is 8.82. The van der Waals surface area contributed by atoms with Gasteiger partial charge in [0.05, 0.1) is 24.9 Å². The van der Waals surface area contributed by atoms with Gasteiger partial charge in [0.25, 0.3) is 0 Å². The minimum Gasteiger partial charge on any atom is -0.394 e. The van der Waals surface area contributed by atoms with Gasteiger partial charge < -0.3 is 15.6 Å². The van der Waals surface area contributed by atoms with E-state index >= 15 is 0 Å². The summed E-state index contributed by atoms with van der Waals surface area (Å²) in [7, 11) is 1.61. The highest BCUT2D eigenvalue weighted by molar-refractivity contribution is 5.12. The van der Waals surface area contributed by atoms with E-state index < -0.39 is 0 Å². The molecule has 80 valence electrons. The topological polar surface area (TPSA) is 86.2 Å². The van der Waals surface area contributed by atoms with Crippen molar-refractivity contribution in [2.45, 2.75) is 26.1 Å². The van der Waals surface area contributed by atoms with E-state index in [1.54, 1.807) is 11.8 Å². The van der Waals surface area contributed by atoms with Crippen LogP contribution < -0.4 is 5.73 Å². The van der Waals surface area contributed by atoms with Crippen LogP contribution >= 0.6 is 0 Å². The average Bonchev–Trinajstić information content (AvgIpc) is 2.60. The first-order chi connectivity index (χ1) is 6.74. The first-order valence-electron chi connectivity index (χ1n) is 4.50. The highest BCUT2D eigenvalue weighted by atomic mass is 16.5. The molecule has 14 heavy (non-hydrogen) atoms. The molecule has 0 spiro atoms. The molecule has 0 aliphatic rings. The zero-order valence-electron chi connectivity index (χ0n) is 8.47. The molecule has 0 aliphatic carbocycles. The predicted molar refractivity (Wildman–Crippen MR) is 50.4 cm³/mol. The van der Waals surface area contributed by atoms with Gasteiger partial charge >= 0.3 is 0 Å². The van der Waals surface area contributed by atoms with Gasteiger partial charge in [-0.1, -0.05) is 5.21 Å². The number of rotatable bonds is 5. The molecule has 0 aliphatic heterocycles. The fourth-order valence-electron chi connectivity index (χ4n) is 1.32. The predicted octanol–water partition coefficient (Wildman–Crippen LogP) is -0.563. The van der Waals surface area contributed by atoms with Crippen LogP contribution in [0.2, 0.25) is 0 Å². The normalized spacial score (nSPS) is 13.1. The van der Waals surface area contributed by atoms with Crippen LogP contribution in [0.3, 0.4) is 0 Å². The largest absolute Gasteiger partial charge is 0.394 e. The minimum atomic E-state index is -0.116. The lowest BCUT2D eigenvalue weighted by atomic mass is 10.2. The van der Waals surface area contributed by atoms with Gasteiger partial charge in [-0.15, -0.1) is 5.10 Å². The van der Waals surface area contributed by atoms with Crippen molar-refractivity contribution in [2.24, 2.45) is 5.73 Å². The standard InChI is InChI=1S/C8H16N4O2/c1-6(14-2)8-7(5-9)10-11-12(8)3-4-13/h6,13H,3-5,9H2,1-2H3. The van der Waals surface area contributed by atoms with Gasteiger partial charge in [-0.3, -0.25) is 0 Å². The molecule has 1 atom stereocenters. The lowest BCUT2D eigenvalue weighted by Crippen LogP contribution is -2.13. The van der Waals surface area contributed by atoms with Gasteiger partial charge in [-0.25, -0.2) is 4.68 Å². The fraction of sp³-hybridized carbons (Fsp3) is 0.750. The van der Waals surface area contributed by atoms with E-state index in [0.717, 1.165) is 5.69 Å². The molecule has 1 rings (SSSR count). The van der Waals surface area contributed by atoms with Gasteiger partial charge in [0.2, 0.25) is 0 Å². The summed E-state index contributed by atoms with van der Waals surface area (Å²) >= 11 is 0. The zero-order valence-corrected chi connectivity index (χ0v) is 8.47. The molecule has 1 unspecified atom stereocenters. The smallest absolute Gasteiger partial charge is 0.102 e. The summed E-state index contributed by atoms with van der Waals surface area (Å²) in [6, 6.07) is 0. The zero-order chi connectivity index (χ0) is 10.6. The van der Waals surface area contributed by atoms with Crippen molar-refractivity contribution in [3.63, 3.8) is 0 Å². The molecule has 0 saturated heterocycles. The third-order valence-corrected chi connectivity index (χ3v) is 2.09. The number of nitrogens with two attached hydrogens (primary N) is 1. The molecule has 1 heterocycles. The van der Waals surface area contributed by atoms with Crippen LogP contribution in [0.1, 0.15) is 24.4 Å². The molecular formula is C8H16N4O2. The van der Waals surface area contributed by atoms with Crippen molar-refractivity contribution in [2.75, 3.05) is 13.7 Å². The molecule has 0 amide bonds. The highest BCUT2D eigenvalue weighted by Crippen LogP contribution is 2.18. The Morgan fingerprint density at radius 1 is 1.64 bits per heavy atom. The van der Waals surface area contributed by atoms with E-state index in [1.165, 1.54) is 0 Å². The molecule has 0 bridgehead atoms. The van der Waals surface area contributed by atoms with Crippen LogP contribution in [0.4, 0.5) is 0 Å². The third-order valence-electron chi connectivity index (χ3n) is 2.09. The van der Waals surface area contributed by atoms with Crippen LogP contribution in [-0.2, 0) is 17.8 Å². The van der Waals surface area contributed by atoms with Crippen molar-refractivity contribution in [3.05, 3.63) is 11.4 Å². The number of hydrogen-bond donors (Lipinski definition) is 2. The summed E-state index contributed by atoms with van der Waals surface area (Å²) in [6.45, 7) is 2.66. The number of aliphatic hydroxyl groups excluding tert-OH is 1. The SMILES string of the molecule is COC(C)c1c(CN)nnn1CCO. The third kappa shape index (κ3) is 2.09. The van der Waals surface area contributed by atoms with E-state index in [9.17, 15) is 0 Å². The van der Waals surface area contributed by atoms with Gasteiger partial charge in [-0.05, 0) is 6.92 Å². The van der Waals surface area contributed by atoms with E-state index in [1.807, 2.05) is 6.92 Å². The molecule has 3 N–H and O–H groups in total. The lowest BCUT2D eigenvalue weighted by Gasteiger charge is -2.12. The Hall–Kier alpha value is -0.980. The van der Waals surface area contributed by atoms with Crippen LogP contribution in [0.25, 0.3) is 0 Å². The summed E-state index contributed by atoms with van der Waals surface area (Å²) in [5.41, 5.74) is 7.07. The Labute approximate surface area is 82.7 Å². The molecule has 6 heteroatoms. The Bertz CT molecular complexity index is 287. The molecule has 0 fully saturated rings. The van der Waals surface area contributed by atoms with Crippen molar-refractivity contribution in [1.29, 1.82) is 0 Å². The van der Waals surface area contributed by atoms with Gasteiger partial charge in [0, 0.05) is 13.7 Å². The second-order valence-corrected chi connectivity index (χ2v) is 2.95. The maximum atomic E-state index is 8.82. The average molecular weight is 200 g/mol. The van der Waals surface area contributed by atoms with Crippen LogP contribution in [-0.4, -0.2) is 33.8 Å². The molecule has 0 radical (unpaired) electrons. The van der Waals surface area contributed by atoms with Crippen LogP contribution in [0, 0.1) is 0 Å². The Morgan fingerprint density at radius 2 is 2.36 bits per heavy atom. The van der Waals surface area contributed by atoms with Crippen LogP contribution in [0.15, 0.2) is 0 Å². The van der Waals surface area contributed by atoms with Gasteiger partial charge in [-0.2, -0.15) is 0 Å². The molecule has 0 aromatic carbocycles. The van der Waals surface area contributed by atoms with E-state index in [-0.39, 0.29) is 12.7 Å². The lowest BCUT2D eigenvalue weighted by molar-refractivity contribution is 0.109. The summed E-state index contributed by atoms with van der Waals surface area (Å²) in [5, 5.41) is 16.6. The van der Waals surface area contributed by atoms with Crippen molar-refractivity contribution < 1.29 is 9.84 Å². The summed E-state index contributed by atoms with van der Waals surface area (Å²) in [4.78, 5) is 0. The molecular weight excluding hydrogens is 184 g/mol. The summed E-state index contributed by atoms with van der Waals surface area (Å²) < 4.78 is 6.81. The molecule has 6 nitrogen and oxygen atoms in total. The van der Waals surface area contributed by atoms with E-state index in [2.05, 4.69) is 10.3 Å². The number of hydrogen-bond acceptors (Lipinski definition) is 5. The van der Waals surface area contributed by atoms with Crippen molar-refractivity contribution in [3.8, 4) is 0 Å². The molecule has 1 aromatic rings. The highest BCUT2D eigenvalue weighted by Gasteiger charge is 2.17. The first kappa shape index (κ1) is 11.1. The summed E-state index contributed by atoms with van der Waals surface area (Å²) in [5.74, 6) is 0. The number of ether oxygens (including phenoxy) is 1. The van der Waals surface area contributed by atoms with E-state index in [4.69, 9.17) is 15.6 Å². The number of aliphatic hydroxyl groups is 1. The second-order valence-electron chi connectivity index (χ2n) is 2.95. The summed E-state index contributed by atoms with van der Waals surface area (Å²) in [6.07, 6.45) is -0.116. The number of nitrogens with zero attached hydrogens (tertiary/aromatic N) is 3. The second kappa shape index (κ2) is 5.04. The Kier molecular flexibility index (Phi) is 3.99. The van der Waals surface area contributed by atoms with Crippen molar-refractivity contribution in [1.82, 2.24) is 15.0 Å². The Balaban J connectivity index is 2.99. The first-order valence-corrected chi connectivity index (χ1v) is 4.50. The Morgan fingerprint density at radius 3 is 2.86 bits per heavy atom. The number of aromatic nitrogens is 3. The fourth-order valence-corrected chi connectivity index (χ4v) is 1.32. The van der Waals surface area contributed by atoms with Crippen LogP contribution in [0.5, 0.6) is 0 Å². The molecule has 1 aromatic heterocycles. The number of methoxy groups -OCH3 is 1. The van der Waals surface area contributed by atoms with Gasteiger partial charge in [0.1, 0.15) is 5.69 Å². The minimum absolute atomic E-state index is 0.0246.